The van der Waals surface area contributed by atoms with Gasteiger partial charge in [0.1, 0.15) is 5.52 Å². The highest BCUT2D eigenvalue weighted by Crippen LogP contribution is 2.16. The van der Waals surface area contributed by atoms with Gasteiger partial charge in [0.15, 0.2) is 0 Å². The van der Waals surface area contributed by atoms with Gasteiger partial charge in [0.25, 0.3) is 5.91 Å². The van der Waals surface area contributed by atoms with Crippen LogP contribution >= 0.6 is 0 Å². The maximum absolute atomic E-state index is 12.4. The van der Waals surface area contributed by atoms with E-state index in [4.69, 9.17) is 0 Å². The number of carbonyl (C=O) groups excluding carboxylic acids is 1. The maximum atomic E-state index is 12.4. The topological polar surface area (TPSA) is 59.8 Å². The van der Waals surface area contributed by atoms with E-state index in [0.29, 0.717) is 5.56 Å². The monoisotopic (exact) mass is 308 g/mol. The minimum atomic E-state index is -0.138. The van der Waals surface area contributed by atoms with Gasteiger partial charge in [0, 0.05) is 17.8 Å². The normalized spacial score (nSPS) is 10.9. The molecule has 1 N–H and O–H groups in total. The molecule has 0 fully saturated rings. The first-order chi connectivity index (χ1) is 11.2. The zero-order valence-corrected chi connectivity index (χ0v) is 13.4. The Morgan fingerprint density at radius 2 is 1.91 bits per heavy atom. The molecule has 5 nitrogen and oxygen atoms in total. The highest BCUT2D eigenvalue weighted by molar-refractivity contribution is 6.05. The number of rotatable bonds is 5. The first kappa shape index (κ1) is 15.2. The molecule has 2 aromatic carbocycles. The summed E-state index contributed by atoms with van der Waals surface area (Å²) in [7, 11) is 0. The molecule has 0 aliphatic carbocycles. The third kappa shape index (κ3) is 3.23. The van der Waals surface area contributed by atoms with Crippen molar-refractivity contribution in [2.75, 3.05) is 5.32 Å². The van der Waals surface area contributed by atoms with Gasteiger partial charge in [-0.3, -0.25) is 4.79 Å². The molecule has 23 heavy (non-hydrogen) atoms. The van der Waals surface area contributed by atoms with Crippen molar-refractivity contribution in [1.82, 2.24) is 15.0 Å². The number of benzene rings is 2. The number of aryl methyl sites for hydroxylation is 2. The number of fused-ring (bicyclic) bond motifs is 1. The Balaban J connectivity index is 1.80. The van der Waals surface area contributed by atoms with Gasteiger partial charge in [-0.1, -0.05) is 31.2 Å². The van der Waals surface area contributed by atoms with Gasteiger partial charge in [-0.2, -0.15) is 0 Å². The summed E-state index contributed by atoms with van der Waals surface area (Å²) in [5.41, 5.74) is 4.32. The van der Waals surface area contributed by atoms with E-state index in [1.54, 1.807) is 6.07 Å². The van der Waals surface area contributed by atoms with Gasteiger partial charge in [0.2, 0.25) is 0 Å². The SMILES string of the molecule is CCCn1nnc2cc(C(=O)Nc3ccc(CC)cc3)ccc21. The average molecular weight is 308 g/mol. The Labute approximate surface area is 135 Å². The second-order valence-corrected chi connectivity index (χ2v) is 5.52. The molecule has 1 amide bonds. The summed E-state index contributed by atoms with van der Waals surface area (Å²) in [4.78, 5) is 12.4. The number of nitrogens with one attached hydrogen (secondary N) is 1. The lowest BCUT2D eigenvalue weighted by Crippen LogP contribution is -2.11. The Morgan fingerprint density at radius 1 is 1.13 bits per heavy atom. The lowest BCUT2D eigenvalue weighted by atomic mass is 10.1. The molecule has 118 valence electrons. The summed E-state index contributed by atoms with van der Waals surface area (Å²) in [6, 6.07) is 13.4. The van der Waals surface area contributed by atoms with Crippen LogP contribution in [0.4, 0.5) is 5.69 Å². The quantitative estimate of drug-likeness (QED) is 0.782. The summed E-state index contributed by atoms with van der Waals surface area (Å²) >= 11 is 0. The Morgan fingerprint density at radius 3 is 2.61 bits per heavy atom. The van der Waals surface area contributed by atoms with E-state index in [1.807, 2.05) is 41.1 Å². The molecule has 3 aromatic rings. The van der Waals surface area contributed by atoms with E-state index in [0.717, 1.165) is 36.1 Å². The molecule has 0 unspecified atom stereocenters. The molecular weight excluding hydrogens is 288 g/mol. The Hall–Kier alpha value is -2.69. The van der Waals surface area contributed by atoms with Crippen LogP contribution in [0.2, 0.25) is 0 Å². The van der Waals surface area contributed by atoms with Gasteiger partial charge in [-0.25, -0.2) is 4.68 Å². The summed E-state index contributed by atoms with van der Waals surface area (Å²) < 4.78 is 1.86. The van der Waals surface area contributed by atoms with Gasteiger partial charge < -0.3 is 5.32 Å². The largest absolute Gasteiger partial charge is 0.322 e. The van der Waals surface area contributed by atoms with Crippen LogP contribution in [0.5, 0.6) is 0 Å². The summed E-state index contributed by atoms with van der Waals surface area (Å²) in [6.45, 7) is 5.03. The lowest BCUT2D eigenvalue weighted by Gasteiger charge is -2.06. The van der Waals surface area contributed by atoms with E-state index in [2.05, 4.69) is 29.5 Å². The van der Waals surface area contributed by atoms with Gasteiger partial charge in [0.05, 0.1) is 5.52 Å². The van der Waals surface area contributed by atoms with E-state index in [9.17, 15) is 4.79 Å². The third-order valence-corrected chi connectivity index (χ3v) is 3.83. The van der Waals surface area contributed by atoms with Crippen molar-refractivity contribution in [2.45, 2.75) is 33.2 Å². The molecule has 1 aromatic heterocycles. The molecule has 0 aliphatic heterocycles. The molecule has 0 bridgehead atoms. The summed E-state index contributed by atoms with van der Waals surface area (Å²) in [5, 5.41) is 11.2. The molecule has 0 aliphatic rings. The fourth-order valence-electron chi connectivity index (χ4n) is 2.52. The van der Waals surface area contributed by atoms with E-state index >= 15 is 0 Å². The van der Waals surface area contributed by atoms with Crippen LogP contribution in [-0.4, -0.2) is 20.9 Å². The number of anilines is 1. The number of aromatic nitrogens is 3. The number of carbonyl (C=O) groups is 1. The van der Waals surface area contributed by atoms with Crippen LogP contribution in [0.25, 0.3) is 11.0 Å². The molecule has 0 saturated carbocycles. The minimum Gasteiger partial charge on any atom is -0.322 e. The number of amides is 1. The van der Waals surface area contributed by atoms with Crippen LogP contribution in [-0.2, 0) is 13.0 Å². The van der Waals surface area contributed by atoms with Crippen molar-refractivity contribution < 1.29 is 4.79 Å². The number of hydrogen-bond donors (Lipinski definition) is 1. The highest BCUT2D eigenvalue weighted by atomic mass is 16.1. The predicted octanol–water partition coefficient (Wildman–Crippen LogP) is 3.66. The van der Waals surface area contributed by atoms with E-state index in [-0.39, 0.29) is 5.91 Å². The average Bonchev–Trinajstić information content (AvgIpc) is 2.98. The van der Waals surface area contributed by atoms with Gasteiger partial charge in [-0.05, 0) is 48.7 Å². The maximum Gasteiger partial charge on any atom is 0.255 e. The van der Waals surface area contributed by atoms with E-state index in [1.165, 1.54) is 5.56 Å². The molecule has 1 heterocycles. The van der Waals surface area contributed by atoms with Crippen molar-refractivity contribution >= 4 is 22.6 Å². The first-order valence-corrected chi connectivity index (χ1v) is 7.94. The second kappa shape index (κ2) is 6.60. The fraction of sp³-hybridized carbons (Fsp3) is 0.278. The zero-order valence-electron chi connectivity index (χ0n) is 13.4. The van der Waals surface area contributed by atoms with Gasteiger partial charge in [-0.15, -0.1) is 5.10 Å². The van der Waals surface area contributed by atoms with Crippen LogP contribution in [0, 0.1) is 0 Å². The van der Waals surface area contributed by atoms with Crippen molar-refractivity contribution in [3.8, 4) is 0 Å². The van der Waals surface area contributed by atoms with Crippen LogP contribution in [0.3, 0.4) is 0 Å². The lowest BCUT2D eigenvalue weighted by molar-refractivity contribution is 0.102. The molecule has 0 saturated heterocycles. The Kier molecular flexibility index (Phi) is 4.37. The fourth-order valence-corrected chi connectivity index (χ4v) is 2.52. The third-order valence-electron chi connectivity index (χ3n) is 3.83. The van der Waals surface area contributed by atoms with Crippen molar-refractivity contribution in [3.05, 3.63) is 53.6 Å². The summed E-state index contributed by atoms with van der Waals surface area (Å²) in [5.74, 6) is -0.138. The number of hydrogen-bond acceptors (Lipinski definition) is 3. The standard InChI is InChI=1S/C18H20N4O/c1-3-11-22-17-10-7-14(12-16(17)20-21-22)18(23)19-15-8-5-13(4-2)6-9-15/h5-10,12H,3-4,11H2,1-2H3,(H,19,23). The zero-order chi connectivity index (χ0) is 16.2. The van der Waals surface area contributed by atoms with Crippen LogP contribution < -0.4 is 5.32 Å². The van der Waals surface area contributed by atoms with Gasteiger partial charge >= 0.3 is 0 Å². The highest BCUT2D eigenvalue weighted by Gasteiger charge is 2.10. The first-order valence-electron chi connectivity index (χ1n) is 7.94. The molecule has 3 rings (SSSR count). The summed E-state index contributed by atoms with van der Waals surface area (Å²) in [6.07, 6.45) is 1.98. The van der Waals surface area contributed by atoms with Crippen LogP contribution in [0.1, 0.15) is 36.2 Å². The van der Waals surface area contributed by atoms with Crippen molar-refractivity contribution in [1.29, 1.82) is 0 Å². The number of nitrogens with zero attached hydrogens (tertiary/aromatic N) is 3. The molecule has 0 spiro atoms. The smallest absolute Gasteiger partial charge is 0.255 e. The Bertz CT molecular complexity index is 821. The minimum absolute atomic E-state index is 0.138. The molecule has 5 heteroatoms. The molecular formula is C18H20N4O. The predicted molar refractivity (Wildman–Crippen MR) is 91.6 cm³/mol. The van der Waals surface area contributed by atoms with E-state index < -0.39 is 0 Å². The second-order valence-electron chi connectivity index (χ2n) is 5.52. The molecule has 0 radical (unpaired) electrons. The molecule has 0 atom stereocenters. The van der Waals surface area contributed by atoms with Crippen molar-refractivity contribution in [3.63, 3.8) is 0 Å². The van der Waals surface area contributed by atoms with Crippen molar-refractivity contribution in [2.24, 2.45) is 0 Å². The van der Waals surface area contributed by atoms with Crippen LogP contribution in [0.15, 0.2) is 42.5 Å².